The van der Waals surface area contributed by atoms with E-state index in [0.29, 0.717) is 6.42 Å². The van der Waals surface area contributed by atoms with E-state index in [1.54, 1.807) is 0 Å². The minimum atomic E-state index is -0.495. The van der Waals surface area contributed by atoms with Crippen LogP contribution in [0.3, 0.4) is 0 Å². The molecule has 2 atom stereocenters. The fraction of sp³-hybridized carbons (Fsp3) is 0.333. The highest BCUT2D eigenvalue weighted by Crippen LogP contribution is 2.25. The van der Waals surface area contributed by atoms with Crippen molar-refractivity contribution in [3.05, 3.63) is 56.7 Å². The van der Waals surface area contributed by atoms with Crippen molar-refractivity contribution in [1.29, 1.82) is 0 Å². The monoisotopic (exact) mass is 315 g/mol. The van der Waals surface area contributed by atoms with Crippen molar-refractivity contribution in [3.8, 4) is 0 Å². The molecule has 0 aliphatic heterocycles. The van der Waals surface area contributed by atoms with E-state index in [-0.39, 0.29) is 17.6 Å². The van der Waals surface area contributed by atoms with Crippen LogP contribution in [0, 0.1) is 11.6 Å². The molecule has 1 nitrogen and oxygen atoms in total. The van der Waals surface area contributed by atoms with Crippen molar-refractivity contribution in [3.63, 3.8) is 0 Å². The molecule has 2 rings (SSSR count). The standard InChI is InChI=1S/C15H16ClF2NS/c1-9(6-12-13(17)4-3-5-14(12)18)19-10(2)11-7-15(16)20-8-11/h3-5,7-10,19H,6H2,1-2H3. The van der Waals surface area contributed by atoms with Gasteiger partial charge >= 0.3 is 0 Å². The molecule has 0 fully saturated rings. The number of benzene rings is 1. The molecule has 0 spiro atoms. The molecule has 1 aromatic heterocycles. The topological polar surface area (TPSA) is 12.0 Å². The molecule has 2 aromatic rings. The van der Waals surface area contributed by atoms with Gasteiger partial charge in [-0.05, 0) is 49.4 Å². The zero-order chi connectivity index (χ0) is 14.7. The van der Waals surface area contributed by atoms with E-state index in [4.69, 9.17) is 11.6 Å². The quantitative estimate of drug-likeness (QED) is 0.822. The summed E-state index contributed by atoms with van der Waals surface area (Å²) in [6, 6.07) is 5.89. The highest BCUT2D eigenvalue weighted by Gasteiger charge is 2.15. The maximum Gasteiger partial charge on any atom is 0.129 e. The lowest BCUT2D eigenvalue weighted by Gasteiger charge is -2.20. The average molecular weight is 316 g/mol. The van der Waals surface area contributed by atoms with Gasteiger partial charge in [0.1, 0.15) is 11.6 Å². The predicted octanol–water partition coefficient (Wildman–Crippen LogP) is 4.96. The number of thiophene rings is 1. The molecular weight excluding hydrogens is 300 g/mol. The summed E-state index contributed by atoms with van der Waals surface area (Å²) in [5.74, 6) is -0.991. The smallest absolute Gasteiger partial charge is 0.129 e. The Hall–Kier alpha value is -0.970. The van der Waals surface area contributed by atoms with Crippen LogP contribution in [0.1, 0.15) is 31.0 Å². The third kappa shape index (κ3) is 3.78. The van der Waals surface area contributed by atoms with Crippen molar-refractivity contribution in [2.75, 3.05) is 0 Å². The van der Waals surface area contributed by atoms with Crippen molar-refractivity contribution in [1.82, 2.24) is 5.32 Å². The van der Waals surface area contributed by atoms with E-state index in [1.807, 2.05) is 25.3 Å². The summed E-state index contributed by atoms with van der Waals surface area (Å²) in [7, 11) is 0. The summed E-state index contributed by atoms with van der Waals surface area (Å²) in [6.45, 7) is 3.92. The molecule has 0 bridgehead atoms. The second-order valence-electron chi connectivity index (χ2n) is 4.88. The van der Waals surface area contributed by atoms with Crippen molar-refractivity contribution in [2.45, 2.75) is 32.4 Å². The zero-order valence-electron chi connectivity index (χ0n) is 11.3. The third-order valence-electron chi connectivity index (χ3n) is 3.19. The molecule has 108 valence electrons. The largest absolute Gasteiger partial charge is 0.307 e. The van der Waals surface area contributed by atoms with Gasteiger partial charge in [0.25, 0.3) is 0 Å². The fourth-order valence-corrected chi connectivity index (χ4v) is 3.15. The van der Waals surface area contributed by atoms with E-state index < -0.39 is 11.6 Å². The van der Waals surface area contributed by atoms with E-state index in [0.717, 1.165) is 9.90 Å². The number of hydrogen-bond donors (Lipinski definition) is 1. The Morgan fingerprint density at radius 2 is 1.90 bits per heavy atom. The molecule has 0 aliphatic carbocycles. The molecule has 0 radical (unpaired) electrons. The third-order valence-corrected chi connectivity index (χ3v) is 4.30. The van der Waals surface area contributed by atoms with Gasteiger partial charge < -0.3 is 5.32 Å². The summed E-state index contributed by atoms with van der Waals surface area (Å²) in [6.07, 6.45) is 0.306. The van der Waals surface area contributed by atoms with Crippen LogP contribution in [-0.4, -0.2) is 6.04 Å². The fourth-order valence-electron chi connectivity index (χ4n) is 2.17. The Labute approximate surface area is 126 Å². The van der Waals surface area contributed by atoms with Gasteiger partial charge in [0.2, 0.25) is 0 Å². The van der Waals surface area contributed by atoms with Crippen LogP contribution in [-0.2, 0) is 6.42 Å². The Morgan fingerprint density at radius 3 is 2.45 bits per heavy atom. The second-order valence-corrected chi connectivity index (χ2v) is 6.42. The zero-order valence-corrected chi connectivity index (χ0v) is 12.9. The van der Waals surface area contributed by atoms with Gasteiger partial charge in [-0.15, -0.1) is 11.3 Å². The number of hydrogen-bond acceptors (Lipinski definition) is 2. The first kappa shape index (κ1) is 15.4. The number of rotatable bonds is 5. The first-order valence-electron chi connectivity index (χ1n) is 6.40. The highest BCUT2D eigenvalue weighted by molar-refractivity contribution is 7.14. The van der Waals surface area contributed by atoms with Gasteiger partial charge in [-0.25, -0.2) is 8.78 Å². The Balaban J connectivity index is 2.00. The summed E-state index contributed by atoms with van der Waals surface area (Å²) in [4.78, 5) is 0. The molecule has 0 amide bonds. The molecule has 1 N–H and O–H groups in total. The minimum Gasteiger partial charge on any atom is -0.307 e. The molecule has 0 aliphatic rings. The summed E-state index contributed by atoms with van der Waals surface area (Å²) < 4.78 is 27.9. The van der Waals surface area contributed by atoms with Crippen molar-refractivity contribution in [2.24, 2.45) is 0 Å². The van der Waals surface area contributed by atoms with E-state index in [9.17, 15) is 8.78 Å². The maximum absolute atomic E-state index is 13.6. The number of halogens is 3. The Morgan fingerprint density at radius 1 is 1.25 bits per heavy atom. The van der Waals surface area contributed by atoms with Crippen LogP contribution in [0.15, 0.2) is 29.6 Å². The van der Waals surface area contributed by atoms with Crippen LogP contribution in [0.2, 0.25) is 4.34 Å². The van der Waals surface area contributed by atoms with Crippen LogP contribution >= 0.6 is 22.9 Å². The average Bonchev–Trinajstić information content (AvgIpc) is 2.81. The lowest BCUT2D eigenvalue weighted by atomic mass is 10.0. The van der Waals surface area contributed by atoms with Crippen LogP contribution in [0.5, 0.6) is 0 Å². The van der Waals surface area contributed by atoms with Gasteiger partial charge in [-0.1, -0.05) is 17.7 Å². The highest BCUT2D eigenvalue weighted by atomic mass is 35.5. The van der Waals surface area contributed by atoms with Gasteiger partial charge in [-0.3, -0.25) is 0 Å². The predicted molar refractivity (Wildman–Crippen MR) is 80.4 cm³/mol. The Kier molecular flexibility index (Phi) is 5.13. The molecule has 5 heteroatoms. The van der Waals surface area contributed by atoms with Crippen LogP contribution in [0.4, 0.5) is 8.78 Å². The van der Waals surface area contributed by atoms with Gasteiger partial charge in [0.15, 0.2) is 0 Å². The minimum absolute atomic E-state index is 0.0462. The lowest BCUT2D eigenvalue weighted by molar-refractivity contribution is 0.458. The molecular formula is C15H16ClF2NS. The lowest BCUT2D eigenvalue weighted by Crippen LogP contribution is -2.31. The van der Waals surface area contributed by atoms with E-state index >= 15 is 0 Å². The summed E-state index contributed by atoms with van der Waals surface area (Å²) in [5.41, 5.74) is 1.21. The van der Waals surface area contributed by atoms with Crippen LogP contribution < -0.4 is 5.32 Å². The summed E-state index contributed by atoms with van der Waals surface area (Å²) in [5, 5.41) is 5.31. The summed E-state index contributed by atoms with van der Waals surface area (Å²) >= 11 is 7.38. The van der Waals surface area contributed by atoms with Crippen LogP contribution in [0.25, 0.3) is 0 Å². The van der Waals surface area contributed by atoms with E-state index in [2.05, 4.69) is 5.32 Å². The maximum atomic E-state index is 13.6. The molecule has 1 heterocycles. The molecule has 20 heavy (non-hydrogen) atoms. The Bertz CT molecular complexity index is 565. The van der Waals surface area contributed by atoms with Gasteiger partial charge in [0.05, 0.1) is 4.34 Å². The molecule has 0 saturated heterocycles. The second kappa shape index (κ2) is 6.66. The normalized spacial score (nSPS) is 14.2. The van der Waals surface area contributed by atoms with Gasteiger partial charge in [0, 0.05) is 17.6 Å². The SMILES string of the molecule is CC(Cc1c(F)cccc1F)NC(C)c1csc(Cl)c1. The molecule has 0 saturated carbocycles. The first-order chi connectivity index (χ1) is 9.47. The van der Waals surface area contributed by atoms with Crippen molar-refractivity contribution < 1.29 is 8.78 Å². The van der Waals surface area contributed by atoms with E-state index in [1.165, 1.54) is 29.5 Å². The van der Waals surface area contributed by atoms with Crippen molar-refractivity contribution >= 4 is 22.9 Å². The molecule has 1 aromatic carbocycles. The number of nitrogens with one attached hydrogen (secondary N) is 1. The van der Waals surface area contributed by atoms with Gasteiger partial charge in [-0.2, -0.15) is 0 Å². The molecule has 2 unspecified atom stereocenters. The first-order valence-corrected chi connectivity index (χ1v) is 7.66.